The van der Waals surface area contributed by atoms with Crippen molar-refractivity contribution >= 4 is 27.5 Å². The van der Waals surface area contributed by atoms with Gasteiger partial charge in [0.25, 0.3) is 0 Å². The molecule has 1 rings (SSSR count). The highest BCUT2D eigenvalue weighted by molar-refractivity contribution is 9.10. The Morgan fingerprint density at radius 2 is 2.16 bits per heavy atom. The molecule has 0 radical (unpaired) electrons. The van der Waals surface area contributed by atoms with Crippen molar-refractivity contribution in [2.24, 2.45) is 11.7 Å². The van der Waals surface area contributed by atoms with Crippen LogP contribution in [0.4, 0.5) is 5.69 Å². The van der Waals surface area contributed by atoms with Crippen molar-refractivity contribution in [3.63, 3.8) is 0 Å². The number of amides is 1. The number of carbonyl (C=O) groups is 1. The van der Waals surface area contributed by atoms with Crippen LogP contribution in [0.1, 0.15) is 20.3 Å². The van der Waals surface area contributed by atoms with Crippen molar-refractivity contribution in [1.82, 2.24) is 5.32 Å². The van der Waals surface area contributed by atoms with Gasteiger partial charge >= 0.3 is 0 Å². The van der Waals surface area contributed by atoms with Crippen LogP contribution in [0.2, 0.25) is 0 Å². The highest BCUT2D eigenvalue weighted by atomic mass is 79.9. The predicted octanol–water partition coefficient (Wildman–Crippen LogP) is 2.35. The molecule has 0 aliphatic heterocycles. The molecule has 2 unspecified atom stereocenters. The highest BCUT2D eigenvalue weighted by Crippen LogP contribution is 2.15. The number of rotatable bonds is 7. The zero-order chi connectivity index (χ0) is 14.3. The van der Waals surface area contributed by atoms with Crippen LogP contribution in [0.15, 0.2) is 28.7 Å². The van der Waals surface area contributed by atoms with Crippen molar-refractivity contribution in [3.8, 4) is 0 Å². The first kappa shape index (κ1) is 16.0. The van der Waals surface area contributed by atoms with Gasteiger partial charge in [-0.3, -0.25) is 4.79 Å². The number of halogens is 1. The Balaban J connectivity index is 2.26. The first-order valence-corrected chi connectivity index (χ1v) is 7.36. The molecule has 0 aliphatic rings. The van der Waals surface area contributed by atoms with E-state index in [9.17, 15) is 4.79 Å². The Hall–Kier alpha value is -1.07. The molecule has 5 heteroatoms. The summed E-state index contributed by atoms with van der Waals surface area (Å²) in [6.07, 6.45) is 0.908. The zero-order valence-electron chi connectivity index (χ0n) is 11.4. The van der Waals surface area contributed by atoms with E-state index in [2.05, 4.69) is 26.6 Å². The lowest BCUT2D eigenvalue weighted by Gasteiger charge is -2.17. The third kappa shape index (κ3) is 5.61. The van der Waals surface area contributed by atoms with Crippen LogP contribution in [0.5, 0.6) is 0 Å². The molecule has 0 saturated heterocycles. The van der Waals surface area contributed by atoms with Crippen LogP contribution in [-0.4, -0.2) is 25.0 Å². The van der Waals surface area contributed by atoms with Crippen molar-refractivity contribution < 1.29 is 4.79 Å². The Labute approximate surface area is 123 Å². The molecule has 0 aliphatic carbocycles. The molecule has 1 aromatic rings. The fourth-order valence-corrected chi connectivity index (χ4v) is 2.02. The smallest absolute Gasteiger partial charge is 0.237 e. The summed E-state index contributed by atoms with van der Waals surface area (Å²) >= 11 is 3.41. The van der Waals surface area contributed by atoms with Gasteiger partial charge in [-0.15, -0.1) is 0 Å². The van der Waals surface area contributed by atoms with Crippen LogP contribution in [0.3, 0.4) is 0 Å². The van der Waals surface area contributed by atoms with E-state index in [4.69, 9.17) is 5.73 Å². The van der Waals surface area contributed by atoms with Gasteiger partial charge < -0.3 is 16.4 Å². The molecule has 0 aromatic heterocycles. The molecule has 4 N–H and O–H groups in total. The van der Waals surface area contributed by atoms with Gasteiger partial charge in [0.2, 0.25) is 5.91 Å². The third-order valence-corrected chi connectivity index (χ3v) is 3.63. The van der Waals surface area contributed by atoms with Crippen molar-refractivity contribution in [1.29, 1.82) is 0 Å². The van der Waals surface area contributed by atoms with E-state index in [1.54, 1.807) is 0 Å². The van der Waals surface area contributed by atoms with Gasteiger partial charge in [0.05, 0.1) is 6.04 Å². The van der Waals surface area contributed by atoms with Gasteiger partial charge in [-0.1, -0.05) is 42.3 Å². The molecule has 2 atom stereocenters. The van der Waals surface area contributed by atoms with Gasteiger partial charge in [0.15, 0.2) is 0 Å². The van der Waals surface area contributed by atoms with E-state index in [-0.39, 0.29) is 11.8 Å². The Bertz CT molecular complexity index is 411. The van der Waals surface area contributed by atoms with E-state index in [0.717, 1.165) is 16.6 Å². The third-order valence-electron chi connectivity index (χ3n) is 3.14. The average Bonchev–Trinajstić information content (AvgIpc) is 2.41. The SMILES string of the molecule is CCC(C)C(N)C(=O)NCCNc1cccc(Br)c1. The molecule has 0 bridgehead atoms. The minimum atomic E-state index is -0.420. The topological polar surface area (TPSA) is 67.2 Å². The molecular weight excluding hydrogens is 306 g/mol. The van der Waals surface area contributed by atoms with Crippen LogP contribution in [0.25, 0.3) is 0 Å². The highest BCUT2D eigenvalue weighted by Gasteiger charge is 2.18. The van der Waals surface area contributed by atoms with E-state index >= 15 is 0 Å². The van der Waals surface area contributed by atoms with Gasteiger partial charge in [0.1, 0.15) is 0 Å². The summed E-state index contributed by atoms with van der Waals surface area (Å²) in [7, 11) is 0. The first-order valence-electron chi connectivity index (χ1n) is 6.57. The maximum atomic E-state index is 11.7. The molecule has 0 heterocycles. The normalized spacial score (nSPS) is 13.7. The minimum Gasteiger partial charge on any atom is -0.383 e. The van der Waals surface area contributed by atoms with E-state index < -0.39 is 6.04 Å². The summed E-state index contributed by atoms with van der Waals surface area (Å²) < 4.78 is 1.03. The molecule has 4 nitrogen and oxygen atoms in total. The zero-order valence-corrected chi connectivity index (χ0v) is 13.0. The number of nitrogens with two attached hydrogens (primary N) is 1. The lowest BCUT2D eigenvalue weighted by Crippen LogP contribution is -2.45. The fraction of sp³-hybridized carbons (Fsp3) is 0.500. The van der Waals surface area contributed by atoms with Crippen molar-refractivity contribution in [3.05, 3.63) is 28.7 Å². The summed E-state index contributed by atoms with van der Waals surface area (Å²) in [6.45, 7) is 5.27. The van der Waals surface area contributed by atoms with Gasteiger partial charge in [0, 0.05) is 23.2 Å². The molecule has 0 saturated carbocycles. The summed E-state index contributed by atoms with van der Waals surface area (Å²) in [4.78, 5) is 11.7. The van der Waals surface area contributed by atoms with Crippen LogP contribution < -0.4 is 16.4 Å². The maximum absolute atomic E-state index is 11.7. The second-order valence-corrected chi connectivity index (χ2v) is 5.56. The summed E-state index contributed by atoms with van der Waals surface area (Å²) in [5.41, 5.74) is 6.87. The monoisotopic (exact) mass is 327 g/mol. The number of nitrogens with one attached hydrogen (secondary N) is 2. The van der Waals surface area contributed by atoms with Gasteiger partial charge in [-0.05, 0) is 24.1 Å². The van der Waals surface area contributed by atoms with Crippen molar-refractivity contribution in [2.45, 2.75) is 26.3 Å². The van der Waals surface area contributed by atoms with Crippen LogP contribution in [-0.2, 0) is 4.79 Å². The number of anilines is 1. The predicted molar refractivity (Wildman–Crippen MR) is 83.1 cm³/mol. The molecule has 0 fully saturated rings. The van der Waals surface area contributed by atoms with Crippen LogP contribution in [0, 0.1) is 5.92 Å². The van der Waals surface area contributed by atoms with E-state index in [0.29, 0.717) is 13.1 Å². The lowest BCUT2D eigenvalue weighted by atomic mass is 9.99. The number of benzene rings is 1. The van der Waals surface area contributed by atoms with E-state index in [1.807, 2.05) is 38.1 Å². The summed E-state index contributed by atoms with van der Waals surface area (Å²) in [5.74, 6) is 0.128. The molecular formula is C14H22BrN3O. The lowest BCUT2D eigenvalue weighted by molar-refractivity contribution is -0.123. The molecule has 1 aromatic carbocycles. The number of hydrogen-bond acceptors (Lipinski definition) is 3. The second kappa shape index (κ2) is 8.17. The standard InChI is InChI=1S/C14H22BrN3O/c1-3-10(2)13(16)14(19)18-8-7-17-12-6-4-5-11(15)9-12/h4-6,9-10,13,17H,3,7-8,16H2,1-2H3,(H,18,19). The first-order chi connectivity index (χ1) is 9.04. The average molecular weight is 328 g/mol. The maximum Gasteiger partial charge on any atom is 0.237 e. The quantitative estimate of drug-likeness (QED) is 0.673. The van der Waals surface area contributed by atoms with E-state index in [1.165, 1.54) is 0 Å². The van der Waals surface area contributed by atoms with Crippen LogP contribution >= 0.6 is 15.9 Å². The van der Waals surface area contributed by atoms with Crippen molar-refractivity contribution in [2.75, 3.05) is 18.4 Å². The minimum absolute atomic E-state index is 0.0783. The molecule has 0 spiro atoms. The Morgan fingerprint density at radius 3 is 2.79 bits per heavy atom. The molecule has 1 amide bonds. The van der Waals surface area contributed by atoms with Gasteiger partial charge in [-0.25, -0.2) is 0 Å². The fourth-order valence-electron chi connectivity index (χ4n) is 1.62. The Morgan fingerprint density at radius 1 is 1.42 bits per heavy atom. The second-order valence-electron chi connectivity index (χ2n) is 4.64. The Kier molecular flexibility index (Phi) is 6.87. The largest absolute Gasteiger partial charge is 0.383 e. The number of hydrogen-bond donors (Lipinski definition) is 3. The number of carbonyl (C=O) groups excluding carboxylic acids is 1. The molecule has 19 heavy (non-hydrogen) atoms. The van der Waals surface area contributed by atoms with Gasteiger partial charge in [-0.2, -0.15) is 0 Å². The summed E-state index contributed by atoms with van der Waals surface area (Å²) in [6, 6.07) is 7.49. The molecule has 106 valence electrons. The summed E-state index contributed by atoms with van der Waals surface area (Å²) in [5, 5.41) is 6.08.